The summed E-state index contributed by atoms with van der Waals surface area (Å²) in [6.45, 7) is 2.66. The molecule has 1 aromatic heterocycles. The molecule has 19 heavy (non-hydrogen) atoms. The molecule has 100 valence electrons. The van der Waals surface area contributed by atoms with E-state index in [1.54, 1.807) is 11.3 Å². The average Bonchev–Trinajstić information content (AvgIpc) is 2.77. The van der Waals surface area contributed by atoms with Crippen molar-refractivity contribution in [2.45, 2.75) is 13.3 Å². The van der Waals surface area contributed by atoms with E-state index in [1.165, 1.54) is 4.88 Å². The number of aromatic nitrogens is 1. The van der Waals surface area contributed by atoms with Gasteiger partial charge < -0.3 is 15.8 Å². The van der Waals surface area contributed by atoms with E-state index >= 15 is 0 Å². The van der Waals surface area contributed by atoms with Gasteiger partial charge in [-0.3, -0.25) is 0 Å². The lowest BCUT2D eigenvalue weighted by molar-refractivity contribution is 0.322. The van der Waals surface area contributed by atoms with E-state index in [2.05, 4.69) is 10.3 Å². The summed E-state index contributed by atoms with van der Waals surface area (Å²) < 4.78 is 5.68. The molecular formula is C13H15N3OS2. The van der Waals surface area contributed by atoms with Gasteiger partial charge in [-0.1, -0.05) is 0 Å². The van der Waals surface area contributed by atoms with E-state index in [1.807, 2.05) is 36.7 Å². The van der Waals surface area contributed by atoms with Crippen LogP contribution in [-0.4, -0.2) is 16.7 Å². The first kappa shape index (κ1) is 13.8. The van der Waals surface area contributed by atoms with Crippen molar-refractivity contribution < 1.29 is 4.74 Å². The second kappa shape index (κ2) is 6.49. The Hall–Kier alpha value is -1.66. The van der Waals surface area contributed by atoms with Crippen molar-refractivity contribution in [3.8, 4) is 5.75 Å². The SMILES string of the molecule is Cc1ncsc1CCOc1ccc(NC(N)=S)cc1. The Bertz CT molecular complexity index is 551. The summed E-state index contributed by atoms with van der Waals surface area (Å²) in [5.74, 6) is 0.829. The molecule has 2 aromatic rings. The minimum absolute atomic E-state index is 0.259. The van der Waals surface area contributed by atoms with Gasteiger partial charge in [0, 0.05) is 17.0 Å². The lowest BCUT2D eigenvalue weighted by Gasteiger charge is -2.07. The summed E-state index contributed by atoms with van der Waals surface area (Å²) in [5.41, 5.74) is 9.20. The van der Waals surface area contributed by atoms with Crippen molar-refractivity contribution in [2.24, 2.45) is 5.73 Å². The fraction of sp³-hybridized carbons (Fsp3) is 0.231. The first-order valence-corrected chi connectivity index (χ1v) is 7.12. The Morgan fingerprint density at radius 3 is 2.74 bits per heavy atom. The third kappa shape index (κ3) is 4.18. The average molecular weight is 293 g/mol. The highest BCUT2D eigenvalue weighted by Crippen LogP contribution is 2.17. The van der Waals surface area contributed by atoms with E-state index in [0.29, 0.717) is 6.61 Å². The molecule has 1 aromatic carbocycles. The molecule has 0 saturated heterocycles. The lowest BCUT2D eigenvalue weighted by Crippen LogP contribution is -2.18. The monoisotopic (exact) mass is 293 g/mol. The molecule has 0 saturated carbocycles. The number of anilines is 1. The van der Waals surface area contributed by atoms with Crippen LogP contribution in [0.4, 0.5) is 5.69 Å². The van der Waals surface area contributed by atoms with Crippen LogP contribution in [0.15, 0.2) is 29.8 Å². The molecule has 0 bridgehead atoms. The summed E-state index contributed by atoms with van der Waals surface area (Å²) in [7, 11) is 0. The third-order valence-electron chi connectivity index (χ3n) is 2.56. The molecule has 0 fully saturated rings. The lowest BCUT2D eigenvalue weighted by atomic mass is 10.3. The number of rotatable bonds is 5. The Balaban J connectivity index is 1.83. The zero-order valence-electron chi connectivity index (χ0n) is 10.6. The van der Waals surface area contributed by atoms with Gasteiger partial charge in [0.2, 0.25) is 0 Å². The Morgan fingerprint density at radius 1 is 1.42 bits per heavy atom. The molecule has 6 heteroatoms. The number of nitrogens with one attached hydrogen (secondary N) is 1. The van der Waals surface area contributed by atoms with Gasteiger partial charge in [0.25, 0.3) is 0 Å². The van der Waals surface area contributed by atoms with Crippen LogP contribution in [0.1, 0.15) is 10.6 Å². The zero-order chi connectivity index (χ0) is 13.7. The van der Waals surface area contributed by atoms with E-state index in [0.717, 1.165) is 23.6 Å². The summed E-state index contributed by atoms with van der Waals surface area (Å²) in [6, 6.07) is 7.54. The maximum Gasteiger partial charge on any atom is 0.168 e. The second-order valence-corrected chi connectivity index (χ2v) is 5.35. The molecular weight excluding hydrogens is 278 g/mol. The van der Waals surface area contributed by atoms with Crippen LogP contribution in [0.5, 0.6) is 5.75 Å². The molecule has 3 N–H and O–H groups in total. The topological polar surface area (TPSA) is 60.2 Å². The molecule has 0 spiro atoms. The number of ether oxygens (including phenoxy) is 1. The van der Waals surface area contributed by atoms with E-state index in [4.69, 9.17) is 22.7 Å². The smallest absolute Gasteiger partial charge is 0.168 e. The van der Waals surface area contributed by atoms with Gasteiger partial charge in [-0.25, -0.2) is 4.98 Å². The minimum Gasteiger partial charge on any atom is -0.493 e. The van der Waals surface area contributed by atoms with Crippen LogP contribution in [0, 0.1) is 6.92 Å². The van der Waals surface area contributed by atoms with Crippen molar-refractivity contribution in [1.82, 2.24) is 4.98 Å². The van der Waals surface area contributed by atoms with Crippen LogP contribution in [-0.2, 0) is 6.42 Å². The Kier molecular flexibility index (Phi) is 4.70. The molecule has 0 radical (unpaired) electrons. The number of thiazole rings is 1. The molecule has 2 rings (SSSR count). The second-order valence-electron chi connectivity index (χ2n) is 3.97. The maximum atomic E-state index is 5.68. The molecule has 0 unspecified atom stereocenters. The van der Waals surface area contributed by atoms with Crippen LogP contribution >= 0.6 is 23.6 Å². The third-order valence-corrected chi connectivity index (χ3v) is 3.66. The molecule has 0 aliphatic heterocycles. The fourth-order valence-electron chi connectivity index (χ4n) is 1.60. The molecule has 0 amide bonds. The number of hydrogen-bond donors (Lipinski definition) is 2. The van der Waals surface area contributed by atoms with Crippen LogP contribution < -0.4 is 15.8 Å². The summed E-state index contributed by atoms with van der Waals surface area (Å²) in [4.78, 5) is 5.48. The number of thiocarbonyl (C=S) groups is 1. The van der Waals surface area contributed by atoms with Crippen molar-refractivity contribution in [3.63, 3.8) is 0 Å². The van der Waals surface area contributed by atoms with Gasteiger partial charge in [0.1, 0.15) is 5.75 Å². The zero-order valence-corrected chi connectivity index (χ0v) is 12.2. The maximum absolute atomic E-state index is 5.68. The van der Waals surface area contributed by atoms with Crippen molar-refractivity contribution in [2.75, 3.05) is 11.9 Å². The largest absolute Gasteiger partial charge is 0.493 e. The number of nitrogens with two attached hydrogens (primary N) is 1. The summed E-state index contributed by atoms with van der Waals surface area (Å²) in [6.07, 6.45) is 0.878. The predicted octanol–water partition coefficient (Wildman–Crippen LogP) is 2.73. The van der Waals surface area contributed by atoms with Gasteiger partial charge in [0.05, 0.1) is 17.8 Å². The van der Waals surface area contributed by atoms with Gasteiger partial charge in [-0.15, -0.1) is 11.3 Å². The van der Waals surface area contributed by atoms with Crippen LogP contribution in [0.25, 0.3) is 0 Å². The van der Waals surface area contributed by atoms with Gasteiger partial charge in [-0.2, -0.15) is 0 Å². The molecule has 0 aliphatic rings. The highest BCUT2D eigenvalue weighted by atomic mass is 32.1. The molecule has 0 aliphatic carbocycles. The highest BCUT2D eigenvalue weighted by molar-refractivity contribution is 7.80. The summed E-state index contributed by atoms with van der Waals surface area (Å²) in [5, 5.41) is 3.12. The van der Waals surface area contributed by atoms with Gasteiger partial charge in [-0.05, 0) is 43.4 Å². The first-order chi connectivity index (χ1) is 9.15. The van der Waals surface area contributed by atoms with Gasteiger partial charge in [0.15, 0.2) is 5.11 Å². The normalized spacial score (nSPS) is 10.2. The van der Waals surface area contributed by atoms with E-state index in [-0.39, 0.29) is 5.11 Å². The fourth-order valence-corrected chi connectivity index (χ4v) is 2.48. The number of nitrogens with zero attached hydrogens (tertiary/aromatic N) is 1. The predicted molar refractivity (Wildman–Crippen MR) is 82.9 cm³/mol. The van der Waals surface area contributed by atoms with Crippen LogP contribution in [0.3, 0.4) is 0 Å². The number of hydrogen-bond acceptors (Lipinski definition) is 4. The van der Waals surface area contributed by atoms with E-state index in [9.17, 15) is 0 Å². The molecule has 0 atom stereocenters. The van der Waals surface area contributed by atoms with Crippen LogP contribution in [0.2, 0.25) is 0 Å². The van der Waals surface area contributed by atoms with Gasteiger partial charge >= 0.3 is 0 Å². The Labute approximate surface area is 121 Å². The molecule has 4 nitrogen and oxygen atoms in total. The summed E-state index contributed by atoms with van der Waals surface area (Å²) >= 11 is 6.43. The first-order valence-electron chi connectivity index (χ1n) is 5.83. The molecule has 1 heterocycles. The van der Waals surface area contributed by atoms with Crippen molar-refractivity contribution in [1.29, 1.82) is 0 Å². The Morgan fingerprint density at radius 2 is 2.16 bits per heavy atom. The highest BCUT2D eigenvalue weighted by Gasteiger charge is 2.02. The minimum atomic E-state index is 0.259. The van der Waals surface area contributed by atoms with Crippen molar-refractivity contribution in [3.05, 3.63) is 40.3 Å². The quantitative estimate of drug-likeness (QED) is 0.830. The number of benzene rings is 1. The van der Waals surface area contributed by atoms with Crippen molar-refractivity contribution >= 4 is 34.4 Å². The van der Waals surface area contributed by atoms with E-state index < -0.39 is 0 Å². The standard InChI is InChI=1S/C13H15N3OS2/c1-9-12(19-8-15-9)6-7-17-11-4-2-10(3-5-11)16-13(14)18/h2-5,8H,6-7H2,1H3,(H3,14,16,18). The number of aryl methyl sites for hydroxylation is 1.